The first-order chi connectivity index (χ1) is 15.6. The number of aryl methyl sites for hydroxylation is 2. The van der Waals surface area contributed by atoms with Crippen LogP contribution in [0.5, 0.6) is 0 Å². The largest absolute Gasteiger partial charge is 0.441 e. The summed E-state index contributed by atoms with van der Waals surface area (Å²) in [5.41, 5.74) is 4.08. The number of hydrogen-bond donors (Lipinski definition) is 0. The Morgan fingerprint density at radius 2 is 1.97 bits per heavy atom. The summed E-state index contributed by atoms with van der Waals surface area (Å²) in [6.07, 6.45) is 6.90. The maximum atomic E-state index is 13.8. The van der Waals surface area contributed by atoms with Gasteiger partial charge in [0.2, 0.25) is 0 Å². The number of nitrogens with zero attached hydrogens (tertiary/aromatic N) is 5. The van der Waals surface area contributed by atoms with Crippen LogP contribution in [0.3, 0.4) is 0 Å². The summed E-state index contributed by atoms with van der Waals surface area (Å²) >= 11 is 0. The van der Waals surface area contributed by atoms with Gasteiger partial charge in [-0.15, -0.1) is 0 Å². The highest BCUT2D eigenvalue weighted by atomic mass is 16.3. The number of likely N-dealkylation sites (tertiary alicyclic amines) is 1. The van der Waals surface area contributed by atoms with Crippen LogP contribution in [-0.4, -0.2) is 43.4 Å². The molecule has 3 heterocycles. The van der Waals surface area contributed by atoms with Crippen molar-refractivity contribution in [2.75, 3.05) is 6.54 Å². The van der Waals surface area contributed by atoms with Crippen molar-refractivity contribution >= 4 is 17.0 Å². The number of hydrogen-bond acceptors (Lipinski definition) is 5. The molecule has 1 fully saturated rings. The zero-order valence-electron chi connectivity index (χ0n) is 18.4. The topological polar surface area (TPSA) is 77.1 Å². The number of benzene rings is 2. The second kappa shape index (κ2) is 8.57. The minimum Gasteiger partial charge on any atom is -0.441 e. The Balaban J connectivity index is 1.41. The number of amides is 1. The van der Waals surface area contributed by atoms with Crippen molar-refractivity contribution in [3.8, 4) is 5.69 Å². The summed E-state index contributed by atoms with van der Waals surface area (Å²) in [7, 11) is 0. The van der Waals surface area contributed by atoms with E-state index in [0.29, 0.717) is 23.6 Å². The average Bonchev–Trinajstić information content (AvgIpc) is 3.47. The number of para-hydroxylation sites is 2. The van der Waals surface area contributed by atoms with Crippen LogP contribution >= 0.6 is 0 Å². The lowest BCUT2D eigenvalue weighted by Gasteiger charge is -2.40. The SMILES string of the molecule is Cc1ccc(-n2nccn2)c(C(=O)N2CCC[C@@H](C)[C@H]2CCc2nc3ccccc3o2)c1. The van der Waals surface area contributed by atoms with E-state index >= 15 is 0 Å². The van der Waals surface area contributed by atoms with E-state index in [1.807, 2.05) is 54.3 Å². The fourth-order valence-electron chi connectivity index (χ4n) is 4.73. The van der Waals surface area contributed by atoms with E-state index in [1.165, 1.54) is 4.80 Å². The molecule has 164 valence electrons. The number of carbonyl (C=O) groups is 1. The summed E-state index contributed by atoms with van der Waals surface area (Å²) in [4.78, 5) is 22.0. The molecule has 1 amide bonds. The minimum absolute atomic E-state index is 0.0371. The molecule has 1 saturated heterocycles. The predicted molar refractivity (Wildman–Crippen MR) is 122 cm³/mol. The number of rotatable bonds is 5. The molecule has 1 aliphatic rings. The van der Waals surface area contributed by atoms with Crippen LogP contribution in [0.4, 0.5) is 0 Å². The smallest absolute Gasteiger partial charge is 0.256 e. The quantitative estimate of drug-likeness (QED) is 0.464. The monoisotopic (exact) mass is 429 g/mol. The van der Waals surface area contributed by atoms with E-state index in [1.54, 1.807) is 12.4 Å². The van der Waals surface area contributed by atoms with Crippen molar-refractivity contribution in [3.05, 3.63) is 71.9 Å². The number of aromatic nitrogens is 4. The van der Waals surface area contributed by atoms with Gasteiger partial charge in [0.1, 0.15) is 5.52 Å². The van der Waals surface area contributed by atoms with Gasteiger partial charge in [0, 0.05) is 19.0 Å². The summed E-state index contributed by atoms with van der Waals surface area (Å²) in [5.74, 6) is 1.18. The van der Waals surface area contributed by atoms with Crippen molar-refractivity contribution in [1.29, 1.82) is 0 Å². The lowest BCUT2D eigenvalue weighted by Crippen LogP contribution is -2.48. The van der Waals surface area contributed by atoms with Crippen molar-refractivity contribution in [3.63, 3.8) is 0 Å². The second-order valence-electron chi connectivity index (χ2n) is 8.64. The Morgan fingerprint density at radius 1 is 1.16 bits per heavy atom. The Morgan fingerprint density at radius 3 is 2.78 bits per heavy atom. The first kappa shape index (κ1) is 20.4. The van der Waals surface area contributed by atoms with Crippen molar-refractivity contribution < 1.29 is 9.21 Å². The van der Waals surface area contributed by atoms with E-state index in [-0.39, 0.29) is 11.9 Å². The van der Waals surface area contributed by atoms with Crippen LogP contribution in [0, 0.1) is 12.8 Å². The molecule has 0 spiro atoms. The summed E-state index contributed by atoms with van der Waals surface area (Å²) < 4.78 is 5.92. The average molecular weight is 430 g/mol. The molecule has 32 heavy (non-hydrogen) atoms. The molecule has 0 bridgehead atoms. The molecule has 0 radical (unpaired) electrons. The summed E-state index contributed by atoms with van der Waals surface area (Å²) in [6.45, 7) is 4.99. The van der Waals surface area contributed by atoms with Crippen LogP contribution < -0.4 is 0 Å². The molecule has 0 saturated carbocycles. The predicted octanol–water partition coefficient (Wildman–Crippen LogP) is 4.59. The maximum Gasteiger partial charge on any atom is 0.256 e. The minimum atomic E-state index is 0.0371. The van der Waals surface area contributed by atoms with Crippen LogP contribution in [0.1, 0.15) is 48.0 Å². The number of piperidine rings is 1. The molecule has 0 aliphatic carbocycles. The van der Waals surface area contributed by atoms with Gasteiger partial charge in [-0.25, -0.2) is 4.98 Å². The lowest BCUT2D eigenvalue weighted by atomic mass is 9.87. The van der Waals surface area contributed by atoms with Gasteiger partial charge in [0.05, 0.1) is 23.6 Å². The van der Waals surface area contributed by atoms with Gasteiger partial charge in [0.15, 0.2) is 11.5 Å². The molecule has 0 unspecified atom stereocenters. The molecule has 7 heteroatoms. The molecule has 2 atom stereocenters. The highest BCUT2D eigenvalue weighted by Crippen LogP contribution is 2.30. The van der Waals surface area contributed by atoms with Gasteiger partial charge in [-0.1, -0.05) is 30.7 Å². The first-order valence-electron chi connectivity index (χ1n) is 11.2. The van der Waals surface area contributed by atoms with Crippen molar-refractivity contribution in [2.45, 2.75) is 45.6 Å². The summed E-state index contributed by atoms with van der Waals surface area (Å²) in [6, 6.07) is 13.8. The third-order valence-electron chi connectivity index (χ3n) is 6.39. The fraction of sp³-hybridized carbons (Fsp3) is 0.360. The summed E-state index contributed by atoms with van der Waals surface area (Å²) in [5, 5.41) is 8.50. The first-order valence-corrected chi connectivity index (χ1v) is 11.2. The second-order valence-corrected chi connectivity index (χ2v) is 8.64. The standard InChI is InChI=1S/C25H27N5O2/c1-17-9-10-22(30-26-13-14-27-30)19(16-17)25(31)29-15-5-6-18(2)21(29)11-12-24-28-20-7-3-4-8-23(20)32-24/h3-4,7-10,13-14,16,18,21H,5-6,11-12,15H2,1-2H3/t18-,21-/m1/s1. The van der Waals surface area contributed by atoms with Gasteiger partial charge in [-0.05, 0) is 56.4 Å². The van der Waals surface area contributed by atoms with Gasteiger partial charge in [-0.3, -0.25) is 4.79 Å². The molecule has 7 nitrogen and oxygen atoms in total. The molecule has 5 rings (SSSR count). The van der Waals surface area contributed by atoms with E-state index in [2.05, 4.69) is 22.1 Å². The molecular formula is C25H27N5O2. The Labute approximate surface area is 187 Å². The van der Waals surface area contributed by atoms with Crippen molar-refractivity contribution in [2.24, 2.45) is 5.92 Å². The Hall–Kier alpha value is -3.48. The third-order valence-corrected chi connectivity index (χ3v) is 6.39. The number of carbonyl (C=O) groups excluding carboxylic acids is 1. The normalized spacial score (nSPS) is 18.9. The third kappa shape index (κ3) is 3.90. The molecule has 0 N–H and O–H groups in total. The highest BCUT2D eigenvalue weighted by Gasteiger charge is 2.33. The van der Waals surface area contributed by atoms with E-state index in [0.717, 1.165) is 48.4 Å². The fourth-order valence-corrected chi connectivity index (χ4v) is 4.73. The van der Waals surface area contributed by atoms with Gasteiger partial charge < -0.3 is 9.32 Å². The number of fused-ring (bicyclic) bond motifs is 1. The molecule has 2 aromatic heterocycles. The molecule has 1 aliphatic heterocycles. The van der Waals surface area contributed by atoms with Gasteiger partial charge in [0.25, 0.3) is 5.91 Å². The zero-order chi connectivity index (χ0) is 22.1. The van der Waals surface area contributed by atoms with Crippen molar-refractivity contribution in [1.82, 2.24) is 24.9 Å². The van der Waals surface area contributed by atoms with Gasteiger partial charge >= 0.3 is 0 Å². The molecular weight excluding hydrogens is 402 g/mol. The Bertz CT molecular complexity index is 1200. The van der Waals surface area contributed by atoms with Crippen LogP contribution in [-0.2, 0) is 6.42 Å². The molecule has 2 aromatic carbocycles. The zero-order valence-corrected chi connectivity index (χ0v) is 18.4. The van der Waals surface area contributed by atoms with Crippen LogP contribution in [0.2, 0.25) is 0 Å². The van der Waals surface area contributed by atoms with Crippen LogP contribution in [0.15, 0.2) is 59.3 Å². The van der Waals surface area contributed by atoms with Gasteiger partial charge in [-0.2, -0.15) is 15.0 Å². The number of oxazole rings is 1. The highest BCUT2D eigenvalue weighted by molar-refractivity contribution is 5.98. The maximum absolute atomic E-state index is 13.8. The lowest BCUT2D eigenvalue weighted by molar-refractivity contribution is 0.0495. The Kier molecular flexibility index (Phi) is 5.47. The van der Waals surface area contributed by atoms with E-state index < -0.39 is 0 Å². The van der Waals surface area contributed by atoms with E-state index in [4.69, 9.17) is 4.42 Å². The van der Waals surface area contributed by atoms with Crippen LogP contribution in [0.25, 0.3) is 16.8 Å². The van der Waals surface area contributed by atoms with E-state index in [9.17, 15) is 4.79 Å². The molecule has 4 aromatic rings.